The number of aliphatic hydroxyl groups is 1. The van der Waals surface area contributed by atoms with Crippen molar-refractivity contribution in [3.63, 3.8) is 0 Å². The van der Waals surface area contributed by atoms with Crippen LogP contribution < -0.4 is 4.74 Å². The summed E-state index contributed by atoms with van der Waals surface area (Å²) < 4.78 is 11.3. The number of hydrogen-bond acceptors (Lipinski definition) is 8. The Kier molecular flexibility index (Phi) is 8.42. The van der Waals surface area contributed by atoms with Crippen molar-refractivity contribution in [3.8, 4) is 5.75 Å². The van der Waals surface area contributed by atoms with E-state index >= 15 is 0 Å². The van der Waals surface area contributed by atoms with Crippen molar-refractivity contribution in [2.24, 2.45) is 0 Å². The smallest absolute Gasteiger partial charge is 0.295 e. The molecule has 2 saturated heterocycles. The van der Waals surface area contributed by atoms with E-state index in [1.165, 1.54) is 29.2 Å². The summed E-state index contributed by atoms with van der Waals surface area (Å²) in [5, 5.41) is 22.6. The number of Topliss-reactive ketones (excluding diaryl/α,β-unsaturated/α-hetero) is 1. The number of rotatable bonds is 9. The fourth-order valence-electron chi connectivity index (χ4n) is 5.14. The Balaban J connectivity index is 1.43. The minimum atomic E-state index is -0.894. The van der Waals surface area contributed by atoms with Gasteiger partial charge in [0.05, 0.1) is 29.8 Å². The van der Waals surface area contributed by atoms with Gasteiger partial charge in [-0.15, -0.1) is 0 Å². The zero-order chi connectivity index (χ0) is 28.9. The summed E-state index contributed by atoms with van der Waals surface area (Å²) in [5.74, 6) is -1.25. The summed E-state index contributed by atoms with van der Waals surface area (Å²) in [5.41, 5.74) is 2.84. The van der Waals surface area contributed by atoms with Gasteiger partial charge in [-0.25, -0.2) is 0 Å². The number of ketones is 1. The average molecular weight is 558 g/mol. The molecule has 3 aromatic rings. The number of nitrogens with zero attached hydrogens (tertiary/aromatic N) is 3. The highest BCUT2D eigenvalue weighted by Crippen LogP contribution is 2.40. The lowest BCUT2D eigenvalue weighted by Crippen LogP contribution is -2.42. The second-order valence-electron chi connectivity index (χ2n) is 10.1. The average Bonchev–Trinajstić information content (AvgIpc) is 3.24. The summed E-state index contributed by atoms with van der Waals surface area (Å²) in [4.78, 5) is 40.8. The zero-order valence-electron chi connectivity index (χ0n) is 22.7. The number of amides is 1. The Morgan fingerprint density at radius 2 is 1.73 bits per heavy atom. The molecule has 1 N–H and O–H groups in total. The number of hydrogen-bond donors (Lipinski definition) is 1. The first-order chi connectivity index (χ1) is 19.8. The summed E-state index contributed by atoms with van der Waals surface area (Å²) in [6, 6.07) is 19.5. The van der Waals surface area contributed by atoms with E-state index in [0.717, 1.165) is 11.1 Å². The van der Waals surface area contributed by atoms with Gasteiger partial charge in [0.1, 0.15) is 18.1 Å². The SMILES string of the molecule is Cc1cccc(COc2ccc(/C(O)=C3\C(=O)C(=O)N(CCN4CCOCC4)C3c3ccc([N+](=O)[O-])cc3)cc2)c1. The maximum Gasteiger partial charge on any atom is 0.295 e. The Morgan fingerprint density at radius 3 is 2.39 bits per heavy atom. The van der Waals surface area contributed by atoms with Crippen molar-refractivity contribution in [3.05, 3.63) is 111 Å². The van der Waals surface area contributed by atoms with Gasteiger partial charge in [0.2, 0.25) is 0 Å². The number of ether oxygens (including phenoxy) is 2. The zero-order valence-corrected chi connectivity index (χ0v) is 22.7. The third-order valence-electron chi connectivity index (χ3n) is 7.34. The van der Waals surface area contributed by atoms with E-state index in [2.05, 4.69) is 4.90 Å². The predicted molar refractivity (Wildman–Crippen MR) is 151 cm³/mol. The highest BCUT2D eigenvalue weighted by atomic mass is 16.6. The van der Waals surface area contributed by atoms with Crippen molar-refractivity contribution in [2.75, 3.05) is 39.4 Å². The Bertz CT molecular complexity index is 1460. The van der Waals surface area contributed by atoms with E-state index < -0.39 is 22.7 Å². The van der Waals surface area contributed by atoms with Gasteiger partial charge in [0, 0.05) is 43.9 Å². The highest BCUT2D eigenvalue weighted by Gasteiger charge is 2.46. The van der Waals surface area contributed by atoms with Gasteiger partial charge in [-0.2, -0.15) is 0 Å². The number of carbonyl (C=O) groups is 2. The van der Waals surface area contributed by atoms with Gasteiger partial charge in [-0.05, 0) is 54.4 Å². The molecule has 2 aliphatic heterocycles. The van der Waals surface area contributed by atoms with Gasteiger partial charge < -0.3 is 19.5 Å². The number of nitro groups is 1. The van der Waals surface area contributed by atoms with Crippen LogP contribution in [0.3, 0.4) is 0 Å². The van der Waals surface area contributed by atoms with Crippen LogP contribution >= 0.6 is 0 Å². The fraction of sp³-hybridized carbons (Fsp3) is 0.290. The second kappa shape index (κ2) is 12.3. The third kappa shape index (κ3) is 6.29. The molecule has 10 heteroatoms. The van der Waals surface area contributed by atoms with Crippen LogP contribution in [-0.4, -0.2) is 70.9 Å². The summed E-state index contributed by atoms with van der Waals surface area (Å²) in [7, 11) is 0. The number of aryl methyl sites for hydroxylation is 1. The molecule has 0 bridgehead atoms. The predicted octanol–water partition coefficient (Wildman–Crippen LogP) is 4.24. The van der Waals surface area contributed by atoms with Crippen molar-refractivity contribution < 1.29 is 29.1 Å². The Hall–Kier alpha value is -4.54. The van der Waals surface area contributed by atoms with Crippen molar-refractivity contribution in [1.82, 2.24) is 9.80 Å². The second-order valence-corrected chi connectivity index (χ2v) is 10.1. The largest absolute Gasteiger partial charge is 0.507 e. The molecule has 0 spiro atoms. The van der Waals surface area contributed by atoms with Crippen LogP contribution in [0, 0.1) is 17.0 Å². The maximum atomic E-state index is 13.3. The summed E-state index contributed by atoms with van der Waals surface area (Å²) in [6.45, 7) is 5.76. The standard InChI is InChI=1S/C31H31N3O7/c1-21-3-2-4-22(19-21)20-41-26-11-7-24(8-12-26)29(35)27-28(23-5-9-25(10-6-23)34(38)39)33(31(37)30(27)36)14-13-32-15-17-40-18-16-32/h2-12,19,28,35H,13-18,20H2,1H3/b29-27+. The molecule has 41 heavy (non-hydrogen) atoms. The molecule has 10 nitrogen and oxygen atoms in total. The topological polar surface area (TPSA) is 122 Å². The van der Waals surface area contributed by atoms with E-state index in [1.54, 1.807) is 24.3 Å². The lowest BCUT2D eigenvalue weighted by atomic mass is 9.95. The third-order valence-corrected chi connectivity index (χ3v) is 7.34. The van der Waals surface area contributed by atoms with Crippen LogP contribution in [0.25, 0.3) is 5.76 Å². The van der Waals surface area contributed by atoms with E-state index in [0.29, 0.717) is 56.3 Å². The Labute approximate surface area is 237 Å². The van der Waals surface area contributed by atoms with Crippen LogP contribution in [-0.2, 0) is 20.9 Å². The number of morpholine rings is 1. The fourth-order valence-corrected chi connectivity index (χ4v) is 5.14. The maximum absolute atomic E-state index is 13.3. The van der Waals surface area contributed by atoms with E-state index in [9.17, 15) is 24.8 Å². The lowest BCUT2D eigenvalue weighted by molar-refractivity contribution is -0.384. The van der Waals surface area contributed by atoms with Crippen LogP contribution in [0.5, 0.6) is 5.75 Å². The first kappa shape index (κ1) is 28.0. The number of aliphatic hydroxyl groups excluding tert-OH is 1. The number of nitro benzene ring substituents is 1. The molecule has 0 radical (unpaired) electrons. The molecule has 2 aliphatic rings. The van der Waals surface area contributed by atoms with Gasteiger partial charge >= 0.3 is 0 Å². The van der Waals surface area contributed by atoms with Gasteiger partial charge in [0.15, 0.2) is 0 Å². The Morgan fingerprint density at radius 1 is 1.02 bits per heavy atom. The van der Waals surface area contributed by atoms with Gasteiger partial charge in [0.25, 0.3) is 17.4 Å². The number of benzene rings is 3. The van der Waals surface area contributed by atoms with Crippen LogP contribution in [0.1, 0.15) is 28.3 Å². The molecular formula is C31H31N3O7. The molecule has 1 atom stereocenters. The molecule has 0 saturated carbocycles. The van der Waals surface area contributed by atoms with E-state index in [-0.39, 0.29) is 23.6 Å². The van der Waals surface area contributed by atoms with Crippen molar-refractivity contribution >= 4 is 23.1 Å². The summed E-state index contributed by atoms with van der Waals surface area (Å²) in [6.07, 6.45) is 0. The van der Waals surface area contributed by atoms with Crippen molar-refractivity contribution in [2.45, 2.75) is 19.6 Å². The van der Waals surface area contributed by atoms with Crippen LogP contribution in [0.4, 0.5) is 5.69 Å². The molecule has 0 aliphatic carbocycles. The first-order valence-electron chi connectivity index (χ1n) is 13.4. The number of likely N-dealkylation sites (tertiary alicyclic amines) is 1. The van der Waals surface area contributed by atoms with Crippen molar-refractivity contribution in [1.29, 1.82) is 0 Å². The minimum Gasteiger partial charge on any atom is -0.507 e. The molecule has 0 aromatic heterocycles. The molecule has 5 rings (SSSR count). The highest BCUT2D eigenvalue weighted by molar-refractivity contribution is 6.46. The molecule has 3 aromatic carbocycles. The normalized spacial score (nSPS) is 19.0. The molecule has 2 heterocycles. The lowest BCUT2D eigenvalue weighted by Gasteiger charge is -2.31. The summed E-state index contributed by atoms with van der Waals surface area (Å²) >= 11 is 0. The van der Waals surface area contributed by atoms with Gasteiger partial charge in [-0.1, -0.05) is 29.8 Å². The monoisotopic (exact) mass is 557 g/mol. The molecule has 1 unspecified atom stereocenters. The molecule has 2 fully saturated rings. The van der Waals surface area contributed by atoms with Crippen LogP contribution in [0.15, 0.2) is 78.4 Å². The molecule has 212 valence electrons. The molecule has 1 amide bonds. The van der Waals surface area contributed by atoms with E-state index in [1.807, 2.05) is 31.2 Å². The first-order valence-corrected chi connectivity index (χ1v) is 13.4. The number of carbonyl (C=O) groups excluding carboxylic acids is 2. The quantitative estimate of drug-likeness (QED) is 0.136. The minimum absolute atomic E-state index is 0.0562. The van der Waals surface area contributed by atoms with Crippen LogP contribution in [0.2, 0.25) is 0 Å². The van der Waals surface area contributed by atoms with E-state index in [4.69, 9.17) is 9.47 Å². The number of non-ortho nitro benzene ring substituents is 1. The van der Waals surface area contributed by atoms with Gasteiger partial charge in [-0.3, -0.25) is 24.6 Å². The molecular weight excluding hydrogens is 526 g/mol.